The second-order valence-electron chi connectivity index (χ2n) is 9.53. The number of carbonyl (C=O) groups is 1. The van der Waals surface area contributed by atoms with Gasteiger partial charge in [0.25, 0.3) is 0 Å². The van der Waals surface area contributed by atoms with Crippen LogP contribution in [-0.2, 0) is 4.74 Å². The number of pyridine rings is 1. The largest absolute Gasteiger partial charge is 0.461 e. The average molecular weight is 581 g/mol. The van der Waals surface area contributed by atoms with Gasteiger partial charge in [-0.3, -0.25) is 0 Å². The predicted octanol–water partition coefficient (Wildman–Crippen LogP) is 8.03. The van der Waals surface area contributed by atoms with E-state index in [1.54, 1.807) is 25.1 Å². The third-order valence-corrected chi connectivity index (χ3v) is 7.60. The van der Waals surface area contributed by atoms with Crippen molar-refractivity contribution in [3.05, 3.63) is 104 Å². The molecular formula is C31H28Cl3N3O2. The number of anilines is 1. The second-order valence-corrected chi connectivity index (χ2v) is 10.8. The Morgan fingerprint density at radius 3 is 2.54 bits per heavy atom. The minimum atomic E-state index is -0.492. The van der Waals surface area contributed by atoms with Crippen molar-refractivity contribution in [2.75, 3.05) is 38.6 Å². The Labute approximate surface area is 243 Å². The summed E-state index contributed by atoms with van der Waals surface area (Å²) in [6.07, 6.45) is 4.34. The van der Waals surface area contributed by atoms with Crippen LogP contribution in [0, 0.1) is 0 Å². The average Bonchev–Trinajstić information content (AvgIpc) is 3.05. The Bertz CT molecular complexity index is 1570. The molecule has 4 aromatic rings. The lowest BCUT2D eigenvalue weighted by atomic mass is 9.87. The van der Waals surface area contributed by atoms with E-state index in [0.717, 1.165) is 18.1 Å². The Morgan fingerprint density at radius 1 is 0.974 bits per heavy atom. The fraction of sp³-hybridized carbons (Fsp3) is 0.226. The zero-order valence-electron chi connectivity index (χ0n) is 21.7. The Kier molecular flexibility index (Phi) is 8.43. The summed E-state index contributed by atoms with van der Waals surface area (Å²) in [6.45, 7) is 4.18. The third kappa shape index (κ3) is 6.07. The number of likely N-dealkylation sites (N-methyl/N-ethyl adjacent to an activating group) is 1. The molecule has 0 spiro atoms. The lowest BCUT2D eigenvalue weighted by molar-refractivity contribution is 0.0520. The maximum atomic E-state index is 12.5. The molecule has 0 radical (unpaired) electrons. The maximum absolute atomic E-state index is 12.5. The lowest BCUT2D eigenvalue weighted by Crippen LogP contribution is -2.30. The number of nitrogens with one attached hydrogen (secondary N) is 1. The molecule has 0 saturated heterocycles. The number of hydrogen-bond donors (Lipinski definition) is 1. The van der Waals surface area contributed by atoms with E-state index in [4.69, 9.17) is 39.5 Å². The van der Waals surface area contributed by atoms with Gasteiger partial charge in [0.05, 0.1) is 17.1 Å². The van der Waals surface area contributed by atoms with Crippen molar-refractivity contribution in [3.63, 3.8) is 0 Å². The number of benzene rings is 3. The standard InChI is InChI=1S/C31H28Cl3N3O2/c1-3-39-31(38)29-17-27(30-26(34)15-22(33)16-28(30)36-29)35-12-13-37(2)18-25-23-7-5-4-6-19(23)8-9-20-10-11-21(32)14-24(20)25/h4-11,14-17,25H,3,12-13,18H2,1-2H3,(H,35,36)/t25-/m0/s1. The van der Waals surface area contributed by atoms with Crippen LogP contribution in [0.15, 0.2) is 60.7 Å². The molecule has 0 unspecified atom stereocenters. The molecule has 0 amide bonds. The van der Waals surface area contributed by atoms with Crippen LogP contribution in [0.1, 0.15) is 45.6 Å². The predicted molar refractivity (Wildman–Crippen MR) is 162 cm³/mol. The van der Waals surface area contributed by atoms with Crippen molar-refractivity contribution in [1.82, 2.24) is 9.88 Å². The van der Waals surface area contributed by atoms with E-state index in [9.17, 15) is 4.79 Å². The number of aromatic nitrogens is 1. The highest BCUT2D eigenvalue weighted by atomic mass is 35.5. The summed E-state index contributed by atoms with van der Waals surface area (Å²) in [5.74, 6) is -0.336. The molecule has 1 N–H and O–H groups in total. The minimum Gasteiger partial charge on any atom is -0.461 e. The Morgan fingerprint density at radius 2 is 1.74 bits per heavy atom. The van der Waals surface area contributed by atoms with Crippen LogP contribution >= 0.6 is 34.8 Å². The summed E-state index contributed by atoms with van der Waals surface area (Å²) < 4.78 is 5.18. The number of carbonyl (C=O) groups excluding carboxylic acids is 1. The van der Waals surface area contributed by atoms with Gasteiger partial charge in [-0.15, -0.1) is 0 Å². The van der Waals surface area contributed by atoms with Crippen LogP contribution < -0.4 is 5.32 Å². The number of rotatable bonds is 8. The summed E-state index contributed by atoms with van der Waals surface area (Å²) in [7, 11) is 2.11. The van der Waals surface area contributed by atoms with E-state index in [-0.39, 0.29) is 18.2 Å². The number of nitrogens with zero attached hydrogens (tertiary/aromatic N) is 2. The smallest absolute Gasteiger partial charge is 0.357 e. The van der Waals surface area contributed by atoms with E-state index in [2.05, 4.69) is 70.8 Å². The van der Waals surface area contributed by atoms with Gasteiger partial charge in [0.15, 0.2) is 5.69 Å². The molecule has 5 nitrogen and oxygen atoms in total. The number of ether oxygens (including phenoxy) is 1. The quantitative estimate of drug-likeness (QED) is 0.214. The number of halogens is 3. The number of esters is 1. The van der Waals surface area contributed by atoms with E-state index in [1.165, 1.54) is 22.3 Å². The molecule has 1 aliphatic rings. The van der Waals surface area contributed by atoms with Gasteiger partial charge >= 0.3 is 5.97 Å². The molecular weight excluding hydrogens is 553 g/mol. The molecule has 0 fully saturated rings. The zero-order valence-corrected chi connectivity index (χ0v) is 23.9. The van der Waals surface area contributed by atoms with Crippen molar-refractivity contribution in [2.24, 2.45) is 0 Å². The highest BCUT2D eigenvalue weighted by molar-refractivity contribution is 6.39. The number of fused-ring (bicyclic) bond motifs is 3. The topological polar surface area (TPSA) is 54.5 Å². The third-order valence-electron chi connectivity index (χ3n) is 6.85. The molecule has 0 bridgehead atoms. The summed E-state index contributed by atoms with van der Waals surface area (Å²) in [5, 5.41) is 5.82. The number of hydrogen-bond acceptors (Lipinski definition) is 5. The van der Waals surface area contributed by atoms with Gasteiger partial charge in [0.1, 0.15) is 0 Å². The summed E-state index contributed by atoms with van der Waals surface area (Å²) >= 11 is 19.2. The maximum Gasteiger partial charge on any atom is 0.357 e. The molecule has 0 saturated carbocycles. The minimum absolute atomic E-state index is 0.156. The van der Waals surface area contributed by atoms with Crippen molar-refractivity contribution >= 4 is 69.5 Å². The summed E-state index contributed by atoms with van der Waals surface area (Å²) in [6, 6.07) is 19.7. The van der Waals surface area contributed by atoms with Crippen LogP contribution in [0.5, 0.6) is 0 Å². The molecule has 0 aliphatic heterocycles. The molecule has 1 heterocycles. The molecule has 1 atom stereocenters. The monoisotopic (exact) mass is 579 g/mol. The molecule has 8 heteroatoms. The first-order valence-electron chi connectivity index (χ1n) is 12.8. The van der Waals surface area contributed by atoms with Crippen molar-refractivity contribution in [2.45, 2.75) is 12.8 Å². The van der Waals surface area contributed by atoms with Crippen molar-refractivity contribution in [1.29, 1.82) is 0 Å². The molecule has 1 aliphatic carbocycles. The van der Waals surface area contributed by atoms with E-state index in [0.29, 0.717) is 33.2 Å². The molecule has 1 aromatic heterocycles. The first-order chi connectivity index (χ1) is 18.8. The summed E-state index contributed by atoms with van der Waals surface area (Å²) in [5.41, 5.74) is 6.32. The zero-order chi connectivity index (χ0) is 27.5. The van der Waals surface area contributed by atoms with Crippen LogP contribution in [0.25, 0.3) is 23.1 Å². The fourth-order valence-corrected chi connectivity index (χ4v) is 5.81. The van der Waals surface area contributed by atoms with E-state index < -0.39 is 5.97 Å². The van der Waals surface area contributed by atoms with E-state index >= 15 is 0 Å². The normalized spacial score (nSPS) is 14.2. The highest BCUT2D eigenvalue weighted by Crippen LogP contribution is 2.37. The van der Waals surface area contributed by atoms with Crippen LogP contribution in [0.2, 0.25) is 15.1 Å². The van der Waals surface area contributed by atoms with Crippen LogP contribution in [-0.4, -0.2) is 49.1 Å². The molecule has 39 heavy (non-hydrogen) atoms. The fourth-order valence-electron chi connectivity index (χ4n) is 5.04. The van der Waals surface area contributed by atoms with Crippen LogP contribution in [0.3, 0.4) is 0 Å². The molecule has 3 aromatic carbocycles. The molecule has 200 valence electrons. The van der Waals surface area contributed by atoms with E-state index in [1.807, 2.05) is 6.07 Å². The first-order valence-corrected chi connectivity index (χ1v) is 13.9. The van der Waals surface area contributed by atoms with Gasteiger partial charge < -0.3 is 15.0 Å². The van der Waals surface area contributed by atoms with Gasteiger partial charge in [-0.05, 0) is 66.6 Å². The van der Waals surface area contributed by atoms with Gasteiger partial charge in [0, 0.05) is 46.7 Å². The van der Waals surface area contributed by atoms with Gasteiger partial charge in [-0.25, -0.2) is 9.78 Å². The highest BCUT2D eigenvalue weighted by Gasteiger charge is 2.23. The first kappa shape index (κ1) is 27.5. The van der Waals surface area contributed by atoms with Gasteiger partial charge in [-0.2, -0.15) is 0 Å². The molecule has 5 rings (SSSR count). The van der Waals surface area contributed by atoms with Crippen molar-refractivity contribution < 1.29 is 9.53 Å². The van der Waals surface area contributed by atoms with Crippen LogP contribution in [0.4, 0.5) is 5.69 Å². The van der Waals surface area contributed by atoms with Crippen molar-refractivity contribution in [3.8, 4) is 0 Å². The lowest BCUT2D eigenvalue weighted by Gasteiger charge is -2.27. The van der Waals surface area contributed by atoms with Gasteiger partial charge in [-0.1, -0.05) is 77.3 Å². The van der Waals surface area contributed by atoms with Gasteiger partial charge in [0.2, 0.25) is 0 Å². The Hall–Kier alpha value is -3.09. The summed E-state index contributed by atoms with van der Waals surface area (Å²) in [4.78, 5) is 19.2. The Balaban J connectivity index is 1.37. The SMILES string of the molecule is CCOC(=O)c1cc(NCCN(C)C[C@H]2c3ccccc3C=Cc3ccc(Cl)cc32)c2c(Cl)cc(Cl)cc2n1. The second kappa shape index (κ2) is 12.0.